The number of thiophene rings is 2. The Kier molecular flexibility index (Phi) is 5.62. The molecule has 3 N–H and O–H groups in total. The Labute approximate surface area is 200 Å². The maximum absolute atomic E-state index is 13.1. The number of fused-ring (bicyclic) bond motifs is 2. The highest BCUT2D eigenvalue weighted by molar-refractivity contribution is 7.21. The number of carbonyl (C=O) groups excluding carboxylic acids is 1. The van der Waals surface area contributed by atoms with Gasteiger partial charge in [-0.2, -0.15) is 5.26 Å². The van der Waals surface area contributed by atoms with E-state index in [1.165, 1.54) is 28.2 Å². The average molecular weight is 474 g/mol. The molecule has 0 saturated carbocycles. The number of nitrogens with two attached hydrogens (primary N) is 1. The number of hydrogen-bond acceptors (Lipinski definition) is 7. The van der Waals surface area contributed by atoms with Gasteiger partial charge in [0, 0.05) is 42.0 Å². The van der Waals surface area contributed by atoms with Crippen LogP contribution in [0.3, 0.4) is 0 Å². The van der Waals surface area contributed by atoms with Crippen LogP contribution in [0.4, 0.5) is 10.7 Å². The summed E-state index contributed by atoms with van der Waals surface area (Å²) in [7, 11) is 0. The molecule has 3 aromatic heterocycles. The van der Waals surface area contributed by atoms with Gasteiger partial charge in [-0.05, 0) is 36.6 Å². The summed E-state index contributed by atoms with van der Waals surface area (Å²) in [6.45, 7) is 6.49. The molecule has 1 amide bonds. The second kappa shape index (κ2) is 8.60. The molecule has 6 nitrogen and oxygen atoms in total. The van der Waals surface area contributed by atoms with Crippen LogP contribution in [-0.2, 0) is 19.5 Å². The lowest BCUT2D eigenvalue weighted by Gasteiger charge is -2.28. The molecule has 1 aromatic carbocycles. The van der Waals surface area contributed by atoms with Crippen molar-refractivity contribution < 1.29 is 4.79 Å². The lowest BCUT2D eigenvalue weighted by Crippen LogP contribution is -2.30. The first-order valence-electron chi connectivity index (χ1n) is 10.7. The van der Waals surface area contributed by atoms with Crippen LogP contribution in [0, 0.1) is 25.2 Å². The number of carbonyl (C=O) groups is 1. The fraction of sp³-hybridized carbons (Fsp3) is 0.240. The predicted molar refractivity (Wildman–Crippen MR) is 135 cm³/mol. The Morgan fingerprint density at radius 1 is 1.27 bits per heavy atom. The van der Waals surface area contributed by atoms with E-state index in [4.69, 9.17) is 10.7 Å². The van der Waals surface area contributed by atoms with Crippen LogP contribution in [0.2, 0.25) is 0 Å². The summed E-state index contributed by atoms with van der Waals surface area (Å²) in [5.74, 6) is -0.295. The number of nitrogens with one attached hydrogen (secondary N) is 1. The van der Waals surface area contributed by atoms with Gasteiger partial charge >= 0.3 is 0 Å². The van der Waals surface area contributed by atoms with Crippen molar-refractivity contribution in [3.05, 3.63) is 74.1 Å². The van der Waals surface area contributed by atoms with Crippen LogP contribution >= 0.6 is 22.7 Å². The zero-order valence-electron chi connectivity index (χ0n) is 18.4. The third-order valence-electron chi connectivity index (χ3n) is 6.13. The van der Waals surface area contributed by atoms with Crippen LogP contribution in [-0.4, -0.2) is 22.3 Å². The van der Waals surface area contributed by atoms with Crippen LogP contribution in [0.5, 0.6) is 0 Å². The molecule has 0 bridgehead atoms. The second-order valence-electron chi connectivity index (χ2n) is 8.29. The molecule has 0 spiro atoms. The maximum Gasteiger partial charge on any atom is 0.268 e. The van der Waals surface area contributed by atoms with Crippen molar-refractivity contribution in [1.29, 1.82) is 5.26 Å². The van der Waals surface area contributed by atoms with Crippen molar-refractivity contribution in [2.45, 2.75) is 33.4 Å². The van der Waals surface area contributed by atoms with Crippen LogP contribution in [0.1, 0.15) is 42.5 Å². The topological polar surface area (TPSA) is 95.0 Å². The highest BCUT2D eigenvalue weighted by Crippen LogP contribution is 2.37. The molecule has 4 aromatic rings. The number of aryl methyl sites for hydroxylation is 1. The standard InChI is InChI=1S/C25H23N5OS2/c1-14-15(2)32-25(19(14)11-26)29-23(31)22-21(27)18-10-17-13-30(12-16-6-4-3-5-7-16)9-8-20(17)28-24(18)33-22/h3-7,10H,8-9,12-13,27H2,1-2H3,(H,29,31). The minimum atomic E-state index is -0.295. The SMILES string of the molecule is Cc1sc(NC(=O)c2sc3nc4c(cc3c2N)CN(Cc2ccccc2)CC4)c(C#N)c1C. The summed E-state index contributed by atoms with van der Waals surface area (Å²) in [5.41, 5.74) is 11.8. The van der Waals surface area contributed by atoms with Gasteiger partial charge in [-0.3, -0.25) is 9.69 Å². The Bertz CT molecular complexity index is 1410. The van der Waals surface area contributed by atoms with Gasteiger partial charge in [-0.25, -0.2) is 4.98 Å². The fourth-order valence-corrected chi connectivity index (χ4v) is 6.21. The largest absolute Gasteiger partial charge is 0.397 e. The van der Waals surface area contributed by atoms with Crippen molar-refractivity contribution in [2.75, 3.05) is 17.6 Å². The minimum absolute atomic E-state index is 0.295. The van der Waals surface area contributed by atoms with E-state index >= 15 is 0 Å². The molecule has 0 unspecified atom stereocenters. The summed E-state index contributed by atoms with van der Waals surface area (Å²) in [6, 6.07) is 14.7. The average Bonchev–Trinajstić information content (AvgIpc) is 3.27. The van der Waals surface area contributed by atoms with Crippen molar-refractivity contribution >= 4 is 49.5 Å². The number of amides is 1. The molecule has 0 aliphatic carbocycles. The summed E-state index contributed by atoms with van der Waals surface area (Å²) in [4.78, 5) is 22.6. The number of hydrogen-bond donors (Lipinski definition) is 2. The molecule has 0 radical (unpaired) electrons. The van der Waals surface area contributed by atoms with E-state index in [2.05, 4.69) is 46.6 Å². The number of pyridine rings is 1. The highest BCUT2D eigenvalue weighted by atomic mass is 32.1. The van der Waals surface area contributed by atoms with Gasteiger partial charge in [0.05, 0.1) is 11.3 Å². The van der Waals surface area contributed by atoms with Crippen molar-refractivity contribution in [2.24, 2.45) is 0 Å². The van der Waals surface area contributed by atoms with E-state index in [0.717, 1.165) is 58.0 Å². The Hall–Kier alpha value is -3.25. The van der Waals surface area contributed by atoms with Gasteiger partial charge in [0.1, 0.15) is 20.8 Å². The quantitative estimate of drug-likeness (QED) is 0.423. The molecular formula is C25H23N5OS2. The zero-order valence-corrected chi connectivity index (χ0v) is 20.1. The van der Waals surface area contributed by atoms with E-state index in [1.807, 2.05) is 19.9 Å². The summed E-state index contributed by atoms with van der Waals surface area (Å²) >= 11 is 2.72. The van der Waals surface area contributed by atoms with Crippen molar-refractivity contribution in [3.63, 3.8) is 0 Å². The van der Waals surface area contributed by atoms with Crippen molar-refractivity contribution in [3.8, 4) is 6.07 Å². The lowest BCUT2D eigenvalue weighted by molar-refractivity contribution is 0.103. The molecule has 166 valence electrons. The number of nitrogen functional groups attached to an aromatic ring is 1. The highest BCUT2D eigenvalue weighted by Gasteiger charge is 2.24. The smallest absolute Gasteiger partial charge is 0.268 e. The zero-order chi connectivity index (χ0) is 23.1. The van der Waals surface area contributed by atoms with E-state index in [0.29, 0.717) is 21.1 Å². The normalized spacial score (nSPS) is 13.6. The molecule has 5 rings (SSSR count). The van der Waals surface area contributed by atoms with Gasteiger partial charge in [-0.15, -0.1) is 22.7 Å². The summed E-state index contributed by atoms with van der Waals surface area (Å²) in [6.07, 6.45) is 0.872. The van der Waals surface area contributed by atoms with Crippen LogP contribution in [0.25, 0.3) is 10.2 Å². The van der Waals surface area contributed by atoms with Gasteiger partial charge in [0.25, 0.3) is 5.91 Å². The Balaban J connectivity index is 1.41. The predicted octanol–water partition coefficient (Wildman–Crippen LogP) is 5.24. The lowest BCUT2D eigenvalue weighted by atomic mass is 10.0. The summed E-state index contributed by atoms with van der Waals surface area (Å²) in [5, 5.41) is 13.8. The van der Waals surface area contributed by atoms with Gasteiger partial charge in [0.2, 0.25) is 0 Å². The Morgan fingerprint density at radius 2 is 2.06 bits per heavy atom. The molecule has 0 saturated heterocycles. The Morgan fingerprint density at radius 3 is 2.82 bits per heavy atom. The third-order valence-corrected chi connectivity index (χ3v) is 8.36. The molecule has 33 heavy (non-hydrogen) atoms. The molecule has 0 atom stereocenters. The molecule has 8 heteroatoms. The monoisotopic (exact) mass is 473 g/mol. The summed E-state index contributed by atoms with van der Waals surface area (Å²) < 4.78 is 0. The molecule has 1 aliphatic rings. The van der Waals surface area contributed by atoms with Crippen molar-refractivity contribution in [1.82, 2.24) is 9.88 Å². The van der Waals surface area contributed by atoms with Crippen LogP contribution in [0.15, 0.2) is 36.4 Å². The van der Waals surface area contributed by atoms with Gasteiger partial charge in [0.15, 0.2) is 0 Å². The third kappa shape index (κ3) is 4.00. The molecule has 0 fully saturated rings. The molecule has 4 heterocycles. The van der Waals surface area contributed by atoms with Gasteiger partial charge < -0.3 is 11.1 Å². The first kappa shape index (κ1) is 21.6. The number of nitrogens with zero attached hydrogens (tertiary/aromatic N) is 3. The second-order valence-corrected chi connectivity index (χ2v) is 10.5. The van der Waals surface area contributed by atoms with Gasteiger partial charge in [-0.1, -0.05) is 30.3 Å². The number of nitriles is 1. The maximum atomic E-state index is 13.1. The first-order valence-corrected chi connectivity index (χ1v) is 12.4. The molecule has 1 aliphatic heterocycles. The fourth-order valence-electron chi connectivity index (χ4n) is 4.21. The number of aromatic nitrogens is 1. The van der Waals surface area contributed by atoms with Crippen LogP contribution < -0.4 is 11.1 Å². The first-order chi connectivity index (χ1) is 15.9. The van der Waals surface area contributed by atoms with E-state index in [-0.39, 0.29) is 5.91 Å². The van der Waals surface area contributed by atoms with E-state index < -0.39 is 0 Å². The number of benzene rings is 1. The number of anilines is 2. The number of rotatable bonds is 4. The molecular weight excluding hydrogens is 450 g/mol. The van der Waals surface area contributed by atoms with E-state index in [1.54, 1.807) is 0 Å². The minimum Gasteiger partial charge on any atom is -0.397 e. The van der Waals surface area contributed by atoms with E-state index in [9.17, 15) is 10.1 Å².